The van der Waals surface area contributed by atoms with Crippen molar-refractivity contribution in [3.63, 3.8) is 0 Å². The van der Waals surface area contributed by atoms with Crippen molar-refractivity contribution in [2.45, 2.75) is 30.1 Å². The standard InChI is InChI=1S/C29H28N2O7/c1-36-22-14-12-21(13-15-22)29(19-8-4-2-5-9-19,20-10-6-3-7-11-20)37-18-23-25(33)26(34)27(38-23)31-17-16-24(32)30-28(31)35/h2-17,23,25-27,33-34H,18H2,1H3,(H,30,32,35)/t23-,25-,26-,27-/m0/s1. The minimum atomic E-state index is -1.42. The predicted octanol–water partition coefficient (Wildman–Crippen LogP) is 2.17. The Kier molecular flexibility index (Phi) is 7.26. The average molecular weight is 517 g/mol. The van der Waals surface area contributed by atoms with Crippen molar-refractivity contribution in [1.29, 1.82) is 0 Å². The molecule has 38 heavy (non-hydrogen) atoms. The zero-order chi connectivity index (χ0) is 26.7. The number of aliphatic hydroxyl groups is 2. The molecule has 1 fully saturated rings. The molecule has 5 rings (SSSR count). The second kappa shape index (κ2) is 10.8. The van der Waals surface area contributed by atoms with Gasteiger partial charge in [0.2, 0.25) is 0 Å². The number of aliphatic hydroxyl groups excluding tert-OH is 2. The molecule has 2 heterocycles. The highest BCUT2D eigenvalue weighted by Gasteiger charge is 2.46. The second-order valence-corrected chi connectivity index (χ2v) is 9.02. The van der Waals surface area contributed by atoms with Crippen LogP contribution in [0.3, 0.4) is 0 Å². The summed E-state index contributed by atoms with van der Waals surface area (Å²) in [6.45, 7) is -0.122. The molecule has 0 saturated carbocycles. The zero-order valence-electron chi connectivity index (χ0n) is 20.6. The van der Waals surface area contributed by atoms with Crippen LogP contribution in [-0.4, -0.2) is 51.8 Å². The molecule has 1 aliphatic rings. The Labute approximate surface area is 218 Å². The van der Waals surface area contributed by atoms with Crippen LogP contribution < -0.4 is 16.0 Å². The van der Waals surface area contributed by atoms with Gasteiger partial charge in [0.15, 0.2) is 6.23 Å². The molecule has 1 aromatic heterocycles. The van der Waals surface area contributed by atoms with E-state index in [9.17, 15) is 19.8 Å². The average Bonchev–Trinajstić information content (AvgIpc) is 3.23. The molecule has 0 amide bonds. The van der Waals surface area contributed by atoms with Gasteiger partial charge in [0.05, 0.1) is 13.7 Å². The van der Waals surface area contributed by atoms with Crippen molar-refractivity contribution in [3.05, 3.63) is 135 Å². The molecule has 196 valence electrons. The summed E-state index contributed by atoms with van der Waals surface area (Å²) in [5.74, 6) is 0.690. The predicted molar refractivity (Wildman–Crippen MR) is 139 cm³/mol. The molecular weight excluding hydrogens is 488 g/mol. The molecular formula is C29H28N2O7. The fraction of sp³-hybridized carbons (Fsp3) is 0.241. The van der Waals surface area contributed by atoms with Crippen molar-refractivity contribution in [2.75, 3.05) is 13.7 Å². The molecule has 0 spiro atoms. The fourth-order valence-electron chi connectivity index (χ4n) is 4.85. The van der Waals surface area contributed by atoms with Gasteiger partial charge in [0.25, 0.3) is 5.56 Å². The fourth-order valence-corrected chi connectivity index (χ4v) is 4.85. The van der Waals surface area contributed by atoms with Crippen LogP contribution in [0.5, 0.6) is 5.75 Å². The summed E-state index contributed by atoms with van der Waals surface area (Å²) in [5, 5.41) is 21.6. The summed E-state index contributed by atoms with van der Waals surface area (Å²) in [6.07, 6.45) is -3.72. The van der Waals surface area contributed by atoms with Gasteiger partial charge in [-0.3, -0.25) is 14.3 Å². The minimum Gasteiger partial charge on any atom is -0.497 e. The third-order valence-electron chi connectivity index (χ3n) is 6.78. The number of rotatable bonds is 8. The summed E-state index contributed by atoms with van der Waals surface area (Å²) in [6, 6.07) is 28.0. The van der Waals surface area contributed by atoms with E-state index in [2.05, 4.69) is 4.98 Å². The molecule has 1 saturated heterocycles. The molecule has 0 unspecified atom stereocenters. The maximum Gasteiger partial charge on any atom is 0.330 e. The van der Waals surface area contributed by atoms with Gasteiger partial charge in [0, 0.05) is 12.3 Å². The maximum atomic E-state index is 12.3. The maximum absolute atomic E-state index is 12.3. The van der Waals surface area contributed by atoms with Gasteiger partial charge in [-0.2, -0.15) is 0 Å². The Balaban J connectivity index is 1.54. The van der Waals surface area contributed by atoms with Crippen LogP contribution in [-0.2, 0) is 15.1 Å². The highest BCUT2D eigenvalue weighted by molar-refractivity contribution is 5.48. The summed E-state index contributed by atoms with van der Waals surface area (Å²) in [4.78, 5) is 25.9. The Morgan fingerprint density at radius 1 is 0.842 bits per heavy atom. The minimum absolute atomic E-state index is 0.122. The quantitative estimate of drug-likeness (QED) is 0.307. The molecule has 0 bridgehead atoms. The molecule has 9 nitrogen and oxygen atoms in total. The Bertz CT molecular complexity index is 1430. The number of H-pyrrole nitrogens is 1. The first-order valence-electron chi connectivity index (χ1n) is 12.2. The number of benzene rings is 3. The van der Waals surface area contributed by atoms with Crippen molar-refractivity contribution in [2.24, 2.45) is 0 Å². The lowest BCUT2D eigenvalue weighted by Crippen LogP contribution is -2.40. The summed E-state index contributed by atoms with van der Waals surface area (Å²) in [5.41, 5.74) is 0.0776. The van der Waals surface area contributed by atoms with Gasteiger partial charge in [-0.25, -0.2) is 4.79 Å². The molecule has 4 atom stereocenters. The first kappa shape index (κ1) is 25.6. The highest BCUT2D eigenvalue weighted by atomic mass is 16.6. The lowest BCUT2D eigenvalue weighted by Gasteiger charge is -2.37. The van der Waals surface area contributed by atoms with Crippen LogP contribution in [0.1, 0.15) is 22.9 Å². The van der Waals surface area contributed by atoms with Gasteiger partial charge < -0.3 is 24.4 Å². The number of aromatic amines is 1. The van der Waals surface area contributed by atoms with E-state index >= 15 is 0 Å². The van der Waals surface area contributed by atoms with Crippen molar-refractivity contribution in [1.82, 2.24) is 9.55 Å². The normalized spacial score (nSPS) is 21.3. The lowest BCUT2D eigenvalue weighted by molar-refractivity contribution is -0.0958. The third kappa shape index (κ3) is 4.68. The molecule has 3 N–H and O–H groups in total. The SMILES string of the molecule is COc1ccc(C(OC[C@@H]2O[C@H](n3ccc(=O)[nH]c3=O)[C@@H](O)[C@H]2O)(c2ccccc2)c2ccccc2)cc1. The smallest absolute Gasteiger partial charge is 0.330 e. The Morgan fingerprint density at radius 3 is 1.97 bits per heavy atom. The number of hydrogen-bond donors (Lipinski definition) is 3. The molecule has 3 aromatic carbocycles. The molecule has 1 aliphatic heterocycles. The summed E-state index contributed by atoms with van der Waals surface area (Å²) < 4.78 is 19.0. The number of ether oxygens (including phenoxy) is 3. The van der Waals surface area contributed by atoms with Crippen LogP contribution in [0.15, 0.2) is 107 Å². The van der Waals surface area contributed by atoms with Crippen LogP contribution in [0.2, 0.25) is 0 Å². The molecule has 4 aromatic rings. The number of aromatic nitrogens is 2. The van der Waals surface area contributed by atoms with Crippen molar-refractivity contribution < 1.29 is 24.4 Å². The molecule has 0 aliphatic carbocycles. The van der Waals surface area contributed by atoms with Crippen molar-refractivity contribution >= 4 is 0 Å². The largest absolute Gasteiger partial charge is 0.497 e. The van der Waals surface area contributed by atoms with E-state index in [4.69, 9.17) is 14.2 Å². The molecule has 9 heteroatoms. The monoisotopic (exact) mass is 516 g/mol. The van der Waals surface area contributed by atoms with E-state index in [1.54, 1.807) is 7.11 Å². The van der Waals surface area contributed by atoms with E-state index in [1.165, 1.54) is 6.20 Å². The first-order valence-corrected chi connectivity index (χ1v) is 12.2. The van der Waals surface area contributed by atoms with Crippen LogP contribution in [0.25, 0.3) is 0 Å². The second-order valence-electron chi connectivity index (χ2n) is 9.02. The van der Waals surface area contributed by atoms with Crippen LogP contribution in [0.4, 0.5) is 0 Å². The van der Waals surface area contributed by atoms with Gasteiger partial charge in [0.1, 0.15) is 29.7 Å². The number of methoxy groups -OCH3 is 1. The van der Waals surface area contributed by atoms with Gasteiger partial charge >= 0.3 is 5.69 Å². The van der Waals surface area contributed by atoms with Gasteiger partial charge in [-0.15, -0.1) is 0 Å². The number of nitrogens with zero attached hydrogens (tertiary/aromatic N) is 1. The number of hydrogen-bond acceptors (Lipinski definition) is 7. The van der Waals surface area contributed by atoms with Crippen LogP contribution in [0, 0.1) is 0 Å². The van der Waals surface area contributed by atoms with Gasteiger partial charge in [-0.05, 0) is 28.8 Å². The lowest BCUT2D eigenvalue weighted by atomic mass is 9.80. The Morgan fingerprint density at radius 2 is 1.42 bits per heavy atom. The highest BCUT2D eigenvalue weighted by Crippen LogP contribution is 2.42. The van der Waals surface area contributed by atoms with E-state index < -0.39 is 41.4 Å². The first-order chi connectivity index (χ1) is 18.4. The van der Waals surface area contributed by atoms with E-state index in [0.717, 1.165) is 27.3 Å². The summed E-state index contributed by atoms with van der Waals surface area (Å²) in [7, 11) is 1.60. The van der Waals surface area contributed by atoms with Gasteiger partial charge in [-0.1, -0.05) is 72.8 Å². The third-order valence-corrected chi connectivity index (χ3v) is 6.78. The Hall–Kier alpha value is -4.02. The number of nitrogens with one attached hydrogen (secondary N) is 1. The van der Waals surface area contributed by atoms with Crippen LogP contribution >= 0.6 is 0 Å². The zero-order valence-corrected chi connectivity index (χ0v) is 20.6. The van der Waals surface area contributed by atoms with E-state index in [0.29, 0.717) is 5.75 Å². The van der Waals surface area contributed by atoms with E-state index in [-0.39, 0.29) is 6.61 Å². The molecule has 0 radical (unpaired) electrons. The topological polar surface area (TPSA) is 123 Å². The summed E-state index contributed by atoms with van der Waals surface area (Å²) >= 11 is 0. The van der Waals surface area contributed by atoms with Crippen molar-refractivity contribution in [3.8, 4) is 5.75 Å². The van der Waals surface area contributed by atoms with E-state index in [1.807, 2.05) is 84.9 Å².